The fraction of sp³-hybridized carbons (Fsp3) is 0.818. The molecular weight excluding hydrogens is 210 g/mol. The standard InChI is InChI=1S/C11H21NO2S/c1-5-15(13,14)12-9-7-6-8-10(12)11(2,3)4/h5,10H,1,6-9H2,2-4H3. The van der Waals surface area contributed by atoms with Crippen molar-refractivity contribution in [2.45, 2.75) is 46.1 Å². The highest BCUT2D eigenvalue weighted by Gasteiger charge is 2.37. The highest BCUT2D eigenvalue weighted by Crippen LogP contribution is 2.33. The average molecular weight is 231 g/mol. The molecule has 0 aromatic heterocycles. The van der Waals surface area contributed by atoms with Crippen LogP contribution in [0.5, 0.6) is 0 Å². The van der Waals surface area contributed by atoms with Crippen molar-refractivity contribution in [3.8, 4) is 0 Å². The summed E-state index contributed by atoms with van der Waals surface area (Å²) in [7, 11) is -3.26. The molecule has 15 heavy (non-hydrogen) atoms. The van der Waals surface area contributed by atoms with Crippen LogP contribution >= 0.6 is 0 Å². The maximum absolute atomic E-state index is 11.8. The van der Waals surface area contributed by atoms with Crippen LogP contribution < -0.4 is 0 Å². The van der Waals surface area contributed by atoms with Crippen LogP contribution in [0.25, 0.3) is 0 Å². The first-order valence-corrected chi connectivity index (χ1v) is 6.93. The molecule has 0 bridgehead atoms. The molecule has 0 radical (unpaired) electrons. The highest BCUT2D eigenvalue weighted by molar-refractivity contribution is 7.92. The van der Waals surface area contributed by atoms with Gasteiger partial charge in [0.25, 0.3) is 0 Å². The smallest absolute Gasteiger partial charge is 0.208 e. The van der Waals surface area contributed by atoms with Gasteiger partial charge in [0, 0.05) is 18.0 Å². The van der Waals surface area contributed by atoms with Gasteiger partial charge in [0.2, 0.25) is 10.0 Å². The minimum Gasteiger partial charge on any atom is -0.208 e. The fourth-order valence-corrected chi connectivity index (χ4v) is 3.52. The molecule has 4 heteroatoms. The molecule has 1 rings (SSSR count). The lowest BCUT2D eigenvalue weighted by atomic mass is 9.82. The Hall–Kier alpha value is -0.350. The zero-order valence-corrected chi connectivity index (χ0v) is 10.7. The molecule has 1 unspecified atom stereocenters. The molecule has 1 aliphatic heterocycles. The molecule has 1 saturated heterocycles. The number of hydrogen-bond acceptors (Lipinski definition) is 2. The lowest BCUT2D eigenvalue weighted by Crippen LogP contribution is -2.49. The van der Waals surface area contributed by atoms with E-state index in [2.05, 4.69) is 27.4 Å². The Bertz CT molecular complexity index is 327. The number of sulfonamides is 1. The van der Waals surface area contributed by atoms with Gasteiger partial charge in [-0.05, 0) is 18.3 Å². The summed E-state index contributed by atoms with van der Waals surface area (Å²) in [5.74, 6) is 0. The monoisotopic (exact) mass is 231 g/mol. The van der Waals surface area contributed by atoms with E-state index in [9.17, 15) is 8.42 Å². The summed E-state index contributed by atoms with van der Waals surface area (Å²) in [5, 5.41) is 1.07. The van der Waals surface area contributed by atoms with Gasteiger partial charge in [-0.1, -0.05) is 33.8 Å². The SMILES string of the molecule is C=CS(=O)(=O)N1CCCCC1C(C)(C)C. The van der Waals surface area contributed by atoms with Crippen molar-refractivity contribution in [3.63, 3.8) is 0 Å². The van der Waals surface area contributed by atoms with E-state index < -0.39 is 10.0 Å². The number of hydrogen-bond donors (Lipinski definition) is 0. The molecule has 0 spiro atoms. The number of nitrogens with zero attached hydrogens (tertiary/aromatic N) is 1. The minimum absolute atomic E-state index is 0.00347. The summed E-state index contributed by atoms with van der Waals surface area (Å²) in [5.41, 5.74) is -0.00347. The first kappa shape index (κ1) is 12.7. The van der Waals surface area contributed by atoms with Crippen LogP contribution in [-0.4, -0.2) is 25.3 Å². The van der Waals surface area contributed by atoms with Crippen LogP contribution in [-0.2, 0) is 10.0 Å². The summed E-state index contributed by atoms with van der Waals surface area (Å²) in [4.78, 5) is 0. The van der Waals surface area contributed by atoms with E-state index in [-0.39, 0.29) is 11.5 Å². The van der Waals surface area contributed by atoms with E-state index in [0.717, 1.165) is 24.7 Å². The van der Waals surface area contributed by atoms with Crippen LogP contribution in [0.3, 0.4) is 0 Å². The van der Waals surface area contributed by atoms with E-state index in [1.165, 1.54) is 0 Å². The van der Waals surface area contributed by atoms with Crippen LogP contribution in [0.4, 0.5) is 0 Å². The molecule has 0 saturated carbocycles. The fourth-order valence-electron chi connectivity index (χ4n) is 2.17. The molecule has 3 nitrogen and oxygen atoms in total. The van der Waals surface area contributed by atoms with Crippen molar-refractivity contribution in [3.05, 3.63) is 12.0 Å². The minimum atomic E-state index is -3.26. The molecule has 0 amide bonds. The van der Waals surface area contributed by atoms with Gasteiger partial charge in [-0.2, -0.15) is 4.31 Å². The Kier molecular flexibility index (Phi) is 3.61. The van der Waals surface area contributed by atoms with Crippen molar-refractivity contribution in [1.82, 2.24) is 4.31 Å². The summed E-state index contributed by atoms with van der Waals surface area (Å²) in [6.07, 6.45) is 3.03. The van der Waals surface area contributed by atoms with E-state index in [4.69, 9.17) is 0 Å². The van der Waals surface area contributed by atoms with Crippen LogP contribution in [0.1, 0.15) is 40.0 Å². The van der Waals surface area contributed by atoms with Crippen LogP contribution in [0.2, 0.25) is 0 Å². The van der Waals surface area contributed by atoms with Gasteiger partial charge in [0.15, 0.2) is 0 Å². The molecule has 0 aromatic carbocycles. The van der Waals surface area contributed by atoms with Crippen molar-refractivity contribution in [1.29, 1.82) is 0 Å². The molecule has 1 fully saturated rings. The maximum atomic E-state index is 11.8. The van der Waals surface area contributed by atoms with Gasteiger partial charge >= 0.3 is 0 Å². The van der Waals surface area contributed by atoms with Gasteiger partial charge in [0.1, 0.15) is 0 Å². The maximum Gasteiger partial charge on any atom is 0.235 e. The Balaban J connectivity index is 2.99. The van der Waals surface area contributed by atoms with E-state index >= 15 is 0 Å². The van der Waals surface area contributed by atoms with E-state index in [1.807, 2.05) is 0 Å². The zero-order valence-electron chi connectivity index (χ0n) is 9.86. The lowest BCUT2D eigenvalue weighted by molar-refractivity contribution is 0.137. The molecule has 1 aliphatic rings. The zero-order chi connectivity index (χ0) is 11.7. The second-order valence-corrected chi connectivity index (χ2v) is 7.03. The topological polar surface area (TPSA) is 37.4 Å². The predicted molar refractivity (Wildman–Crippen MR) is 62.9 cm³/mol. The summed E-state index contributed by atoms with van der Waals surface area (Å²) in [6, 6.07) is 0.106. The van der Waals surface area contributed by atoms with Gasteiger partial charge in [0.05, 0.1) is 0 Å². The third-order valence-electron chi connectivity index (χ3n) is 2.99. The second kappa shape index (κ2) is 4.26. The summed E-state index contributed by atoms with van der Waals surface area (Å²) in [6.45, 7) is 10.3. The van der Waals surface area contributed by atoms with Crippen LogP contribution in [0, 0.1) is 5.41 Å². The first-order chi connectivity index (χ1) is 6.79. The van der Waals surface area contributed by atoms with Crippen molar-refractivity contribution >= 4 is 10.0 Å². The van der Waals surface area contributed by atoms with Gasteiger partial charge in [-0.25, -0.2) is 8.42 Å². The Labute approximate surface area is 93.2 Å². The van der Waals surface area contributed by atoms with Gasteiger partial charge < -0.3 is 0 Å². The summed E-state index contributed by atoms with van der Waals surface area (Å²) >= 11 is 0. The largest absolute Gasteiger partial charge is 0.235 e. The molecule has 88 valence electrons. The van der Waals surface area contributed by atoms with E-state index in [1.54, 1.807) is 4.31 Å². The Morgan fingerprint density at radius 1 is 1.33 bits per heavy atom. The highest BCUT2D eigenvalue weighted by atomic mass is 32.2. The summed E-state index contributed by atoms with van der Waals surface area (Å²) < 4.78 is 25.3. The van der Waals surface area contributed by atoms with Gasteiger partial charge in [-0.15, -0.1) is 0 Å². The van der Waals surface area contributed by atoms with Crippen molar-refractivity contribution < 1.29 is 8.42 Å². The third-order valence-corrected chi connectivity index (χ3v) is 4.50. The molecule has 0 N–H and O–H groups in total. The third kappa shape index (κ3) is 2.82. The van der Waals surface area contributed by atoms with Gasteiger partial charge in [-0.3, -0.25) is 0 Å². The quantitative estimate of drug-likeness (QED) is 0.731. The molecule has 1 atom stereocenters. The van der Waals surface area contributed by atoms with Crippen LogP contribution in [0.15, 0.2) is 12.0 Å². The predicted octanol–water partition coefficient (Wildman–Crippen LogP) is 2.36. The lowest BCUT2D eigenvalue weighted by Gasteiger charge is -2.41. The number of rotatable bonds is 2. The van der Waals surface area contributed by atoms with Crippen molar-refractivity contribution in [2.24, 2.45) is 5.41 Å². The molecular formula is C11H21NO2S. The Morgan fingerprint density at radius 3 is 2.40 bits per heavy atom. The Morgan fingerprint density at radius 2 is 1.93 bits per heavy atom. The first-order valence-electron chi connectivity index (χ1n) is 5.43. The number of piperidine rings is 1. The average Bonchev–Trinajstić information content (AvgIpc) is 2.16. The molecule has 0 aliphatic carbocycles. The normalized spacial score (nSPS) is 25.1. The van der Waals surface area contributed by atoms with E-state index in [0.29, 0.717) is 6.54 Å². The van der Waals surface area contributed by atoms with Crippen molar-refractivity contribution in [2.75, 3.05) is 6.54 Å². The second-order valence-electron chi connectivity index (χ2n) is 5.20. The molecule has 0 aromatic rings. The molecule has 1 heterocycles.